The fourth-order valence-corrected chi connectivity index (χ4v) is 4.32. The number of amides is 1. The van der Waals surface area contributed by atoms with E-state index in [1.54, 1.807) is 18.0 Å². The Labute approximate surface area is 162 Å². The van der Waals surface area contributed by atoms with E-state index < -0.39 is 0 Å². The number of rotatable bonds is 4. The summed E-state index contributed by atoms with van der Waals surface area (Å²) < 4.78 is 5.40. The molecule has 3 heterocycles. The molecule has 1 amide bonds. The van der Waals surface area contributed by atoms with Crippen molar-refractivity contribution in [3.63, 3.8) is 0 Å². The van der Waals surface area contributed by atoms with Crippen LogP contribution in [0.3, 0.4) is 0 Å². The number of carbonyl (C=O) groups is 1. The molecule has 0 atom stereocenters. The van der Waals surface area contributed by atoms with Crippen LogP contribution in [0.15, 0.2) is 41.4 Å². The molecule has 1 aromatic heterocycles. The zero-order chi connectivity index (χ0) is 18.6. The Morgan fingerprint density at radius 3 is 2.89 bits per heavy atom. The first-order valence-electron chi connectivity index (χ1n) is 8.99. The SMILES string of the molecule is N#Cc1ncccc1-c1ccc2c(c1)N(CCN1CCOCC1)C(=O)CS2. The highest BCUT2D eigenvalue weighted by atomic mass is 32.2. The van der Waals surface area contributed by atoms with E-state index in [1.165, 1.54) is 0 Å². The van der Waals surface area contributed by atoms with Crippen molar-refractivity contribution in [1.82, 2.24) is 9.88 Å². The largest absolute Gasteiger partial charge is 0.379 e. The Balaban J connectivity index is 1.62. The standard InChI is InChI=1S/C20H20N4O2S/c21-13-17-16(2-1-5-22-17)15-3-4-19-18(12-15)24(20(25)14-27-19)7-6-23-8-10-26-11-9-23/h1-5,12H,6-11,14H2. The van der Waals surface area contributed by atoms with E-state index in [2.05, 4.69) is 16.0 Å². The molecule has 0 N–H and O–H groups in total. The molecule has 0 saturated carbocycles. The van der Waals surface area contributed by atoms with Crippen LogP contribution in [0, 0.1) is 11.3 Å². The molecule has 2 aliphatic heterocycles. The Morgan fingerprint density at radius 2 is 2.07 bits per heavy atom. The van der Waals surface area contributed by atoms with Gasteiger partial charge in [0.2, 0.25) is 5.91 Å². The molecule has 4 rings (SSSR count). The van der Waals surface area contributed by atoms with Gasteiger partial charge in [0.25, 0.3) is 0 Å². The number of carbonyl (C=O) groups excluding carboxylic acids is 1. The molecule has 1 saturated heterocycles. The van der Waals surface area contributed by atoms with E-state index in [9.17, 15) is 10.1 Å². The first-order valence-corrected chi connectivity index (χ1v) is 9.97. The van der Waals surface area contributed by atoms with Crippen molar-refractivity contribution in [1.29, 1.82) is 5.26 Å². The van der Waals surface area contributed by atoms with Gasteiger partial charge in [0, 0.05) is 42.8 Å². The Hall–Kier alpha value is -2.40. The number of nitriles is 1. The molecule has 0 unspecified atom stereocenters. The van der Waals surface area contributed by atoms with Gasteiger partial charge >= 0.3 is 0 Å². The van der Waals surface area contributed by atoms with Crippen LogP contribution >= 0.6 is 11.8 Å². The van der Waals surface area contributed by atoms with Crippen molar-refractivity contribution in [2.24, 2.45) is 0 Å². The molecular formula is C20H20N4O2S. The summed E-state index contributed by atoms with van der Waals surface area (Å²) in [5, 5.41) is 9.34. The normalized spacial score (nSPS) is 17.4. The smallest absolute Gasteiger partial charge is 0.237 e. The molecule has 7 heteroatoms. The second-order valence-corrected chi connectivity index (χ2v) is 7.50. The zero-order valence-corrected chi connectivity index (χ0v) is 15.7. The van der Waals surface area contributed by atoms with Gasteiger partial charge in [0.1, 0.15) is 11.8 Å². The van der Waals surface area contributed by atoms with Crippen LogP contribution < -0.4 is 4.90 Å². The summed E-state index contributed by atoms with van der Waals surface area (Å²) in [4.78, 5) is 22.1. The maximum Gasteiger partial charge on any atom is 0.237 e. The number of morpholine rings is 1. The number of ether oxygens (including phenoxy) is 1. The summed E-state index contributed by atoms with van der Waals surface area (Å²) in [6.45, 7) is 4.81. The Kier molecular flexibility index (Phi) is 5.39. The predicted octanol–water partition coefficient (Wildman–Crippen LogP) is 2.39. The second-order valence-electron chi connectivity index (χ2n) is 6.48. The number of hydrogen-bond acceptors (Lipinski definition) is 6. The van der Waals surface area contributed by atoms with E-state index in [-0.39, 0.29) is 5.91 Å². The second kappa shape index (κ2) is 8.09. The van der Waals surface area contributed by atoms with Crippen molar-refractivity contribution < 1.29 is 9.53 Å². The van der Waals surface area contributed by atoms with Crippen LogP contribution in [-0.2, 0) is 9.53 Å². The van der Waals surface area contributed by atoms with Gasteiger partial charge in [-0.15, -0.1) is 11.8 Å². The number of fused-ring (bicyclic) bond motifs is 1. The van der Waals surface area contributed by atoms with Crippen molar-refractivity contribution in [2.45, 2.75) is 4.90 Å². The fourth-order valence-electron chi connectivity index (χ4n) is 3.41. The zero-order valence-electron chi connectivity index (χ0n) is 14.9. The fraction of sp³-hybridized carbons (Fsp3) is 0.350. The summed E-state index contributed by atoms with van der Waals surface area (Å²) in [6, 6.07) is 11.9. The third kappa shape index (κ3) is 3.83. The first kappa shape index (κ1) is 18.0. The first-order chi connectivity index (χ1) is 13.3. The number of anilines is 1. The maximum atomic E-state index is 12.6. The monoisotopic (exact) mass is 380 g/mol. The lowest BCUT2D eigenvalue weighted by molar-refractivity contribution is -0.116. The quantitative estimate of drug-likeness (QED) is 0.811. The molecule has 6 nitrogen and oxygen atoms in total. The van der Waals surface area contributed by atoms with Gasteiger partial charge in [-0.05, 0) is 29.8 Å². The number of hydrogen-bond donors (Lipinski definition) is 0. The van der Waals surface area contributed by atoms with Gasteiger partial charge in [0.15, 0.2) is 0 Å². The highest BCUT2D eigenvalue weighted by Gasteiger charge is 2.26. The third-order valence-corrected chi connectivity index (χ3v) is 5.92. The van der Waals surface area contributed by atoms with E-state index >= 15 is 0 Å². The predicted molar refractivity (Wildman–Crippen MR) is 105 cm³/mol. The average Bonchev–Trinajstić information content (AvgIpc) is 2.73. The number of benzene rings is 1. The molecule has 2 aliphatic rings. The van der Waals surface area contributed by atoms with Crippen LogP contribution in [0.1, 0.15) is 5.69 Å². The van der Waals surface area contributed by atoms with Gasteiger partial charge in [-0.3, -0.25) is 9.69 Å². The molecule has 2 aromatic rings. The van der Waals surface area contributed by atoms with E-state index in [0.29, 0.717) is 18.0 Å². The number of pyridine rings is 1. The lowest BCUT2D eigenvalue weighted by Gasteiger charge is -2.33. The van der Waals surface area contributed by atoms with Gasteiger partial charge in [-0.1, -0.05) is 6.07 Å². The minimum atomic E-state index is 0.129. The lowest BCUT2D eigenvalue weighted by Crippen LogP contribution is -2.44. The molecule has 0 spiro atoms. The molecule has 0 bridgehead atoms. The van der Waals surface area contributed by atoms with Gasteiger partial charge < -0.3 is 9.64 Å². The molecule has 138 valence electrons. The molecule has 0 radical (unpaired) electrons. The van der Waals surface area contributed by atoms with Crippen LogP contribution in [0.4, 0.5) is 5.69 Å². The van der Waals surface area contributed by atoms with Gasteiger partial charge in [0.05, 0.1) is 24.7 Å². The minimum absolute atomic E-state index is 0.129. The van der Waals surface area contributed by atoms with Crippen LogP contribution in [-0.4, -0.2) is 60.9 Å². The topological polar surface area (TPSA) is 69.5 Å². The minimum Gasteiger partial charge on any atom is -0.379 e. The van der Waals surface area contributed by atoms with E-state index in [1.807, 2.05) is 35.2 Å². The highest BCUT2D eigenvalue weighted by Crippen LogP contribution is 2.38. The van der Waals surface area contributed by atoms with E-state index in [0.717, 1.165) is 54.6 Å². The lowest BCUT2D eigenvalue weighted by atomic mass is 10.0. The summed E-state index contributed by atoms with van der Waals surface area (Å²) >= 11 is 1.57. The molecular weight excluding hydrogens is 360 g/mol. The number of nitrogens with zero attached hydrogens (tertiary/aromatic N) is 4. The summed E-state index contributed by atoms with van der Waals surface area (Å²) in [7, 11) is 0. The van der Waals surface area contributed by atoms with Gasteiger partial charge in [-0.2, -0.15) is 5.26 Å². The summed E-state index contributed by atoms with van der Waals surface area (Å²) in [6.07, 6.45) is 1.62. The van der Waals surface area contributed by atoms with Gasteiger partial charge in [-0.25, -0.2) is 4.98 Å². The van der Waals surface area contributed by atoms with Crippen molar-refractivity contribution in [2.75, 3.05) is 50.0 Å². The molecule has 0 aliphatic carbocycles. The Morgan fingerprint density at radius 1 is 1.22 bits per heavy atom. The summed E-state index contributed by atoms with van der Waals surface area (Å²) in [5.74, 6) is 0.593. The van der Waals surface area contributed by atoms with Crippen LogP contribution in [0.2, 0.25) is 0 Å². The molecule has 1 fully saturated rings. The van der Waals surface area contributed by atoms with Crippen molar-refractivity contribution >= 4 is 23.4 Å². The summed E-state index contributed by atoms with van der Waals surface area (Å²) in [5.41, 5.74) is 3.02. The highest BCUT2D eigenvalue weighted by molar-refractivity contribution is 8.00. The number of thioether (sulfide) groups is 1. The molecule has 1 aromatic carbocycles. The average molecular weight is 380 g/mol. The number of aromatic nitrogens is 1. The van der Waals surface area contributed by atoms with Crippen molar-refractivity contribution in [3.8, 4) is 17.2 Å². The van der Waals surface area contributed by atoms with E-state index in [4.69, 9.17) is 4.74 Å². The van der Waals surface area contributed by atoms with Crippen molar-refractivity contribution in [3.05, 3.63) is 42.2 Å². The molecule has 27 heavy (non-hydrogen) atoms. The third-order valence-electron chi connectivity index (χ3n) is 4.87. The van der Waals surface area contributed by atoms with Crippen LogP contribution in [0.25, 0.3) is 11.1 Å². The van der Waals surface area contributed by atoms with Crippen LogP contribution in [0.5, 0.6) is 0 Å². The Bertz CT molecular complexity index is 890. The maximum absolute atomic E-state index is 12.6.